The van der Waals surface area contributed by atoms with E-state index in [-0.39, 0.29) is 5.54 Å². The highest BCUT2D eigenvalue weighted by Gasteiger charge is 2.31. The maximum Gasteiger partial charge on any atom is 0.0747 e. The zero-order valence-electron chi connectivity index (χ0n) is 17.7. The maximum absolute atomic E-state index is 2.55. The molecule has 2 aliphatic rings. The second-order valence-electron chi connectivity index (χ2n) is 8.51. The highest BCUT2D eigenvalue weighted by molar-refractivity contribution is 5.92. The third-order valence-corrected chi connectivity index (χ3v) is 6.34. The first-order chi connectivity index (χ1) is 14.7. The minimum Gasteiger partial charge on any atom is -0.354 e. The van der Waals surface area contributed by atoms with Crippen molar-refractivity contribution in [3.63, 3.8) is 0 Å². The molecule has 0 amide bonds. The van der Waals surface area contributed by atoms with Crippen LogP contribution in [-0.4, -0.2) is 5.54 Å². The van der Waals surface area contributed by atoms with Crippen molar-refractivity contribution in [1.82, 2.24) is 0 Å². The van der Waals surface area contributed by atoms with Crippen LogP contribution in [0.4, 0.5) is 5.69 Å². The van der Waals surface area contributed by atoms with Crippen molar-refractivity contribution in [1.29, 1.82) is 0 Å². The van der Waals surface area contributed by atoms with Gasteiger partial charge in [-0.1, -0.05) is 103 Å². The molecule has 1 aliphatic carbocycles. The monoisotopic (exact) mass is 389 g/mol. The van der Waals surface area contributed by atoms with Crippen molar-refractivity contribution in [3.8, 4) is 22.3 Å². The predicted molar refractivity (Wildman–Crippen MR) is 129 cm³/mol. The first-order valence-electron chi connectivity index (χ1n) is 10.7. The summed E-state index contributed by atoms with van der Waals surface area (Å²) in [7, 11) is 0. The molecule has 1 aliphatic heterocycles. The van der Waals surface area contributed by atoms with Crippen LogP contribution in [0, 0.1) is 0 Å². The summed E-state index contributed by atoms with van der Waals surface area (Å²) in [6.45, 7) is 5.37. The summed E-state index contributed by atoms with van der Waals surface area (Å²) in [6, 6.07) is 26.5. The summed E-state index contributed by atoms with van der Waals surface area (Å²) in [5.41, 5.74) is 9.03. The van der Waals surface area contributed by atoms with Crippen LogP contribution in [0.3, 0.4) is 0 Å². The molecule has 0 radical (unpaired) electrons. The molecule has 30 heavy (non-hydrogen) atoms. The van der Waals surface area contributed by atoms with E-state index in [2.05, 4.69) is 122 Å². The van der Waals surface area contributed by atoms with Gasteiger partial charge in [-0.3, -0.25) is 0 Å². The Morgan fingerprint density at radius 3 is 2.17 bits per heavy atom. The van der Waals surface area contributed by atoms with Crippen molar-refractivity contribution < 1.29 is 0 Å². The summed E-state index contributed by atoms with van der Waals surface area (Å²) >= 11 is 0. The molecule has 5 rings (SSSR count). The highest BCUT2D eigenvalue weighted by atomic mass is 15.2. The van der Waals surface area contributed by atoms with Crippen molar-refractivity contribution in [2.45, 2.75) is 32.4 Å². The molecule has 1 nitrogen and oxygen atoms in total. The summed E-state index contributed by atoms with van der Waals surface area (Å²) in [5.74, 6) is 0. The van der Waals surface area contributed by atoms with Gasteiger partial charge < -0.3 is 4.90 Å². The number of benzene rings is 3. The topological polar surface area (TPSA) is 3.24 Å². The van der Waals surface area contributed by atoms with Crippen molar-refractivity contribution in [2.24, 2.45) is 0 Å². The van der Waals surface area contributed by atoms with E-state index in [4.69, 9.17) is 0 Å². The second-order valence-corrected chi connectivity index (χ2v) is 8.51. The van der Waals surface area contributed by atoms with Crippen LogP contribution in [0.25, 0.3) is 22.3 Å². The van der Waals surface area contributed by atoms with Gasteiger partial charge in [-0.05, 0) is 48.6 Å². The van der Waals surface area contributed by atoms with Crippen LogP contribution >= 0.6 is 0 Å². The summed E-state index contributed by atoms with van der Waals surface area (Å²) < 4.78 is 0. The van der Waals surface area contributed by atoms with E-state index in [9.17, 15) is 0 Å². The molecular formula is C29H27N. The smallest absolute Gasteiger partial charge is 0.0747 e. The fraction of sp³-hybridized carbons (Fsp3) is 0.172. The van der Waals surface area contributed by atoms with E-state index < -0.39 is 0 Å². The van der Waals surface area contributed by atoms with Gasteiger partial charge in [0.2, 0.25) is 0 Å². The molecule has 0 saturated heterocycles. The molecule has 0 saturated carbocycles. The number of fused-ring (bicyclic) bond motifs is 5. The molecule has 148 valence electrons. The van der Waals surface area contributed by atoms with Crippen LogP contribution in [0.5, 0.6) is 0 Å². The van der Waals surface area contributed by atoms with Crippen LogP contribution in [-0.2, 0) is 6.54 Å². The van der Waals surface area contributed by atoms with E-state index in [1.807, 2.05) is 0 Å². The van der Waals surface area contributed by atoms with Gasteiger partial charge in [0, 0.05) is 17.8 Å². The van der Waals surface area contributed by atoms with Gasteiger partial charge in [-0.2, -0.15) is 0 Å². The predicted octanol–water partition coefficient (Wildman–Crippen LogP) is 7.56. The first kappa shape index (κ1) is 18.7. The van der Waals surface area contributed by atoms with Gasteiger partial charge in [-0.25, -0.2) is 0 Å². The van der Waals surface area contributed by atoms with E-state index in [0.717, 1.165) is 13.0 Å². The lowest BCUT2D eigenvalue weighted by molar-refractivity contribution is 0.611. The number of rotatable bonds is 1. The molecule has 0 N–H and O–H groups in total. The number of nitrogens with zero attached hydrogens (tertiary/aromatic N) is 1. The number of hydrogen-bond acceptors (Lipinski definition) is 1. The highest BCUT2D eigenvalue weighted by Crippen LogP contribution is 2.44. The quantitative estimate of drug-likeness (QED) is 0.388. The lowest BCUT2D eigenvalue weighted by Crippen LogP contribution is -2.44. The van der Waals surface area contributed by atoms with E-state index in [1.165, 1.54) is 39.1 Å². The van der Waals surface area contributed by atoms with Crippen molar-refractivity contribution >= 4 is 5.69 Å². The summed E-state index contributed by atoms with van der Waals surface area (Å²) in [6.07, 6.45) is 12.5. The third kappa shape index (κ3) is 3.21. The van der Waals surface area contributed by atoms with Gasteiger partial charge in [0.15, 0.2) is 0 Å². The summed E-state index contributed by atoms with van der Waals surface area (Å²) in [5, 5.41) is 0. The molecule has 1 heteroatoms. The minimum atomic E-state index is -0.216. The molecule has 0 aromatic heterocycles. The Balaban J connectivity index is 1.78. The molecule has 0 fully saturated rings. The molecule has 0 spiro atoms. The molecule has 3 aromatic carbocycles. The number of allylic oxidation sites excluding steroid dienone is 4. The van der Waals surface area contributed by atoms with Crippen LogP contribution in [0.1, 0.15) is 25.8 Å². The van der Waals surface area contributed by atoms with E-state index >= 15 is 0 Å². The normalized spacial score (nSPS) is 23.9. The van der Waals surface area contributed by atoms with Gasteiger partial charge in [0.1, 0.15) is 0 Å². The SMILES string of the molecule is C/C1=C/C=C\C(C)(N2Cc3ccccc3-c3ccccc3-c3ccccc32)/C=C\C1. The zero-order chi connectivity index (χ0) is 20.6. The summed E-state index contributed by atoms with van der Waals surface area (Å²) in [4.78, 5) is 2.55. The molecule has 1 atom stereocenters. The average molecular weight is 390 g/mol. The number of anilines is 1. The van der Waals surface area contributed by atoms with Gasteiger partial charge >= 0.3 is 0 Å². The van der Waals surface area contributed by atoms with Gasteiger partial charge in [0.25, 0.3) is 0 Å². The van der Waals surface area contributed by atoms with Crippen LogP contribution < -0.4 is 4.90 Å². The molecular weight excluding hydrogens is 362 g/mol. The minimum absolute atomic E-state index is 0.216. The second kappa shape index (κ2) is 7.50. The lowest BCUT2D eigenvalue weighted by atomic mass is 9.86. The van der Waals surface area contributed by atoms with Crippen LogP contribution in [0.2, 0.25) is 0 Å². The van der Waals surface area contributed by atoms with E-state index in [0.29, 0.717) is 0 Å². The number of para-hydroxylation sites is 1. The average Bonchev–Trinajstić information content (AvgIpc) is 2.75. The number of hydrogen-bond donors (Lipinski definition) is 0. The lowest BCUT2D eigenvalue weighted by Gasteiger charge is -2.42. The Morgan fingerprint density at radius 2 is 1.37 bits per heavy atom. The first-order valence-corrected chi connectivity index (χ1v) is 10.7. The van der Waals surface area contributed by atoms with E-state index in [1.54, 1.807) is 0 Å². The molecule has 1 heterocycles. The Bertz CT molecular complexity index is 1180. The molecule has 3 aromatic rings. The Kier molecular flexibility index (Phi) is 4.67. The Labute approximate surface area is 179 Å². The fourth-order valence-corrected chi connectivity index (χ4v) is 4.69. The molecule has 0 bridgehead atoms. The maximum atomic E-state index is 2.55. The molecule has 1 unspecified atom stereocenters. The Hall–Kier alpha value is -3.32. The van der Waals surface area contributed by atoms with Gasteiger partial charge in [-0.15, -0.1) is 0 Å². The van der Waals surface area contributed by atoms with Gasteiger partial charge in [0.05, 0.1) is 5.54 Å². The largest absolute Gasteiger partial charge is 0.354 e. The standard InChI is InChI=1S/C29H27N/c1-22-11-9-19-29(2,20-10-12-22)30-21-23-13-3-4-14-24(23)25-15-5-6-16-26(25)27-17-7-8-18-28(27)30/h3-11,13-20H,12,21H2,1-2H3/b19-9-,20-10-,22-11-. The van der Waals surface area contributed by atoms with Crippen LogP contribution in [0.15, 0.2) is 109 Å². The van der Waals surface area contributed by atoms with Crippen molar-refractivity contribution in [3.05, 3.63) is 114 Å². The zero-order valence-corrected chi connectivity index (χ0v) is 17.7. The third-order valence-electron chi connectivity index (χ3n) is 6.34. The fourth-order valence-electron chi connectivity index (χ4n) is 4.69. The van der Waals surface area contributed by atoms with Crippen molar-refractivity contribution in [2.75, 3.05) is 4.90 Å². The Morgan fingerprint density at radius 1 is 0.733 bits per heavy atom.